The number of nitro groups is 1. The maximum Gasteiger partial charge on any atom is 0.295 e. The van der Waals surface area contributed by atoms with E-state index in [-0.39, 0.29) is 5.69 Å². The standard InChI is InChI=1S/C13H10N4O2/c1-9-14-7-8-16(9)11-4-5-12(17(18)19)13-10(11)3-2-6-15-13/h2-8H,1H3. The number of pyridine rings is 1. The van der Waals surface area contributed by atoms with Crippen LogP contribution in [0.1, 0.15) is 5.82 Å². The van der Waals surface area contributed by atoms with Gasteiger partial charge in [0.25, 0.3) is 5.69 Å². The molecule has 0 saturated carbocycles. The van der Waals surface area contributed by atoms with E-state index in [0.29, 0.717) is 5.52 Å². The highest BCUT2D eigenvalue weighted by molar-refractivity contribution is 5.93. The van der Waals surface area contributed by atoms with Crippen molar-refractivity contribution in [3.8, 4) is 5.69 Å². The van der Waals surface area contributed by atoms with Crippen molar-refractivity contribution < 1.29 is 4.92 Å². The summed E-state index contributed by atoms with van der Waals surface area (Å²) in [4.78, 5) is 18.9. The molecule has 0 unspecified atom stereocenters. The Bertz CT molecular complexity index is 779. The Hall–Kier alpha value is -2.76. The fourth-order valence-electron chi connectivity index (χ4n) is 2.13. The first-order chi connectivity index (χ1) is 9.18. The first kappa shape index (κ1) is 11.3. The summed E-state index contributed by atoms with van der Waals surface area (Å²) in [5, 5.41) is 11.8. The van der Waals surface area contributed by atoms with Crippen LogP contribution in [0.15, 0.2) is 42.9 Å². The number of aromatic nitrogens is 3. The van der Waals surface area contributed by atoms with Crippen molar-refractivity contribution in [3.63, 3.8) is 0 Å². The van der Waals surface area contributed by atoms with Gasteiger partial charge in [-0.2, -0.15) is 0 Å². The SMILES string of the molecule is Cc1nccn1-c1ccc([N+](=O)[O-])c2ncccc12. The van der Waals surface area contributed by atoms with E-state index in [9.17, 15) is 10.1 Å². The van der Waals surface area contributed by atoms with Crippen molar-refractivity contribution in [2.45, 2.75) is 6.92 Å². The molecule has 19 heavy (non-hydrogen) atoms. The number of hydrogen-bond donors (Lipinski definition) is 0. The molecule has 0 aliphatic heterocycles. The summed E-state index contributed by atoms with van der Waals surface area (Å²) in [5.74, 6) is 0.819. The molecular weight excluding hydrogens is 244 g/mol. The Morgan fingerprint density at radius 1 is 1.21 bits per heavy atom. The van der Waals surface area contributed by atoms with E-state index in [1.54, 1.807) is 24.5 Å². The summed E-state index contributed by atoms with van der Waals surface area (Å²) in [7, 11) is 0. The van der Waals surface area contributed by atoms with Gasteiger partial charge in [0.2, 0.25) is 0 Å². The average Bonchev–Trinajstić information content (AvgIpc) is 2.83. The third-order valence-electron chi connectivity index (χ3n) is 3.01. The largest absolute Gasteiger partial charge is 0.303 e. The minimum atomic E-state index is -0.417. The van der Waals surface area contributed by atoms with Gasteiger partial charge in [-0.05, 0) is 25.1 Å². The van der Waals surface area contributed by atoms with Crippen LogP contribution in [0.25, 0.3) is 16.6 Å². The lowest BCUT2D eigenvalue weighted by atomic mass is 10.1. The van der Waals surface area contributed by atoms with E-state index < -0.39 is 4.92 Å². The third kappa shape index (κ3) is 1.74. The number of nitrogens with zero attached hydrogens (tertiary/aromatic N) is 4. The van der Waals surface area contributed by atoms with Crippen molar-refractivity contribution in [1.29, 1.82) is 0 Å². The van der Waals surface area contributed by atoms with Crippen LogP contribution in [0.2, 0.25) is 0 Å². The van der Waals surface area contributed by atoms with Crippen LogP contribution >= 0.6 is 0 Å². The highest BCUT2D eigenvalue weighted by Gasteiger charge is 2.16. The Labute approximate surface area is 108 Å². The highest BCUT2D eigenvalue weighted by Crippen LogP contribution is 2.29. The molecule has 0 atom stereocenters. The van der Waals surface area contributed by atoms with Crippen LogP contribution < -0.4 is 0 Å². The molecule has 6 nitrogen and oxygen atoms in total. The van der Waals surface area contributed by atoms with Crippen LogP contribution in [0.5, 0.6) is 0 Å². The van der Waals surface area contributed by atoms with Crippen LogP contribution in [0, 0.1) is 17.0 Å². The van der Waals surface area contributed by atoms with Gasteiger partial charge in [0.15, 0.2) is 0 Å². The molecule has 3 aromatic rings. The number of benzene rings is 1. The Morgan fingerprint density at radius 3 is 2.74 bits per heavy atom. The number of non-ortho nitro benzene ring substituents is 1. The summed E-state index contributed by atoms with van der Waals surface area (Å²) >= 11 is 0. The fraction of sp³-hybridized carbons (Fsp3) is 0.0769. The summed E-state index contributed by atoms with van der Waals surface area (Å²) in [5.41, 5.74) is 1.24. The Kier molecular flexibility index (Phi) is 2.49. The first-order valence-corrected chi connectivity index (χ1v) is 5.71. The lowest BCUT2D eigenvalue weighted by Gasteiger charge is -2.08. The normalized spacial score (nSPS) is 10.8. The maximum absolute atomic E-state index is 11.0. The number of fused-ring (bicyclic) bond motifs is 1. The Morgan fingerprint density at radius 2 is 2.05 bits per heavy atom. The minimum Gasteiger partial charge on any atom is -0.303 e. The molecule has 6 heteroatoms. The van der Waals surface area contributed by atoms with E-state index in [2.05, 4.69) is 9.97 Å². The molecule has 0 saturated heterocycles. The molecule has 0 aliphatic rings. The smallest absolute Gasteiger partial charge is 0.295 e. The van der Waals surface area contributed by atoms with Crippen LogP contribution in [0.4, 0.5) is 5.69 Å². The zero-order valence-electron chi connectivity index (χ0n) is 10.1. The molecule has 0 aliphatic carbocycles. The molecule has 0 radical (unpaired) electrons. The lowest BCUT2D eigenvalue weighted by molar-refractivity contribution is -0.383. The number of nitro benzene ring substituents is 1. The zero-order valence-corrected chi connectivity index (χ0v) is 10.1. The van der Waals surface area contributed by atoms with Gasteiger partial charge >= 0.3 is 0 Å². The average molecular weight is 254 g/mol. The molecule has 2 heterocycles. The molecule has 0 fully saturated rings. The van der Waals surface area contributed by atoms with Crippen molar-refractivity contribution in [2.75, 3.05) is 0 Å². The number of imidazole rings is 1. The fourth-order valence-corrected chi connectivity index (χ4v) is 2.13. The van der Waals surface area contributed by atoms with Crippen LogP contribution in [-0.4, -0.2) is 19.5 Å². The zero-order chi connectivity index (χ0) is 13.4. The molecular formula is C13H10N4O2. The predicted octanol–water partition coefficient (Wildman–Crippen LogP) is 2.64. The predicted molar refractivity (Wildman–Crippen MR) is 70.3 cm³/mol. The second-order valence-electron chi connectivity index (χ2n) is 4.10. The number of hydrogen-bond acceptors (Lipinski definition) is 4. The van der Waals surface area contributed by atoms with Crippen molar-refractivity contribution in [1.82, 2.24) is 14.5 Å². The van der Waals surface area contributed by atoms with Crippen molar-refractivity contribution in [3.05, 3.63) is 58.8 Å². The monoisotopic (exact) mass is 254 g/mol. The summed E-state index contributed by atoms with van der Waals surface area (Å²) in [6.07, 6.45) is 5.07. The maximum atomic E-state index is 11.0. The van der Waals surface area contributed by atoms with E-state index >= 15 is 0 Å². The van der Waals surface area contributed by atoms with Gasteiger partial charge in [-0.1, -0.05) is 0 Å². The molecule has 0 spiro atoms. The molecule has 2 aromatic heterocycles. The second kappa shape index (κ2) is 4.16. The lowest BCUT2D eigenvalue weighted by Crippen LogP contribution is -1.99. The molecule has 1 aromatic carbocycles. The van der Waals surface area contributed by atoms with Gasteiger partial charge in [0, 0.05) is 30.0 Å². The third-order valence-corrected chi connectivity index (χ3v) is 3.01. The van der Waals surface area contributed by atoms with Gasteiger partial charge in [-0.15, -0.1) is 0 Å². The van der Waals surface area contributed by atoms with Gasteiger partial charge in [-0.25, -0.2) is 9.97 Å². The number of aryl methyl sites for hydroxylation is 1. The topological polar surface area (TPSA) is 73.8 Å². The van der Waals surface area contributed by atoms with Crippen LogP contribution in [-0.2, 0) is 0 Å². The van der Waals surface area contributed by atoms with Gasteiger partial charge in [-0.3, -0.25) is 10.1 Å². The van der Waals surface area contributed by atoms with E-state index in [0.717, 1.165) is 16.9 Å². The van der Waals surface area contributed by atoms with Gasteiger partial charge < -0.3 is 4.57 Å². The molecule has 0 N–H and O–H groups in total. The molecule has 3 rings (SSSR count). The van der Waals surface area contributed by atoms with Gasteiger partial charge in [0.05, 0.1) is 10.6 Å². The molecule has 94 valence electrons. The number of rotatable bonds is 2. The van der Waals surface area contributed by atoms with E-state index in [1.165, 1.54) is 6.07 Å². The van der Waals surface area contributed by atoms with Crippen molar-refractivity contribution in [2.24, 2.45) is 0 Å². The first-order valence-electron chi connectivity index (χ1n) is 5.71. The second-order valence-corrected chi connectivity index (χ2v) is 4.10. The minimum absolute atomic E-state index is 0.0112. The Balaban J connectivity index is 2.38. The quantitative estimate of drug-likeness (QED) is 0.520. The summed E-state index contributed by atoms with van der Waals surface area (Å²) < 4.78 is 1.88. The molecule has 0 amide bonds. The summed E-state index contributed by atoms with van der Waals surface area (Å²) in [6.45, 7) is 1.88. The van der Waals surface area contributed by atoms with Crippen LogP contribution in [0.3, 0.4) is 0 Å². The van der Waals surface area contributed by atoms with E-state index in [1.807, 2.05) is 23.8 Å². The summed E-state index contributed by atoms with van der Waals surface area (Å²) in [6, 6.07) is 6.78. The highest BCUT2D eigenvalue weighted by atomic mass is 16.6. The van der Waals surface area contributed by atoms with Crippen molar-refractivity contribution >= 4 is 16.6 Å². The van der Waals surface area contributed by atoms with Gasteiger partial charge in [0.1, 0.15) is 11.3 Å². The van der Waals surface area contributed by atoms with E-state index in [4.69, 9.17) is 0 Å². The molecule has 0 bridgehead atoms.